The van der Waals surface area contributed by atoms with E-state index in [1.54, 1.807) is 0 Å². The third-order valence-corrected chi connectivity index (χ3v) is 18.1. The lowest BCUT2D eigenvalue weighted by Crippen LogP contribution is -2.58. The average Bonchev–Trinajstić information content (AvgIpc) is 2.77. The molecule has 1 aliphatic rings. The summed E-state index contributed by atoms with van der Waals surface area (Å²) in [5.41, 5.74) is 1.61. The first-order valence-electron chi connectivity index (χ1n) is 12.4. The summed E-state index contributed by atoms with van der Waals surface area (Å²) in [6, 6.07) is 6.51. The number of nitrogens with zero attached hydrogens (tertiary/aromatic N) is 2. The van der Waals surface area contributed by atoms with Crippen LogP contribution in [0.1, 0.15) is 86.5 Å². The maximum Gasteiger partial charge on any atom is 0.220 e. The van der Waals surface area contributed by atoms with Gasteiger partial charge in [0.05, 0.1) is 11.1 Å². The zero-order valence-electron chi connectivity index (χ0n) is 24.2. The highest BCUT2D eigenvalue weighted by Gasteiger charge is 2.63. The lowest BCUT2D eigenvalue weighted by atomic mass is 9.84. The van der Waals surface area contributed by atoms with Gasteiger partial charge in [-0.1, -0.05) is 82.3 Å². The molecule has 1 heterocycles. The molecule has 0 bridgehead atoms. The largest absolute Gasteiger partial charge is 0.340 e. The van der Waals surface area contributed by atoms with Gasteiger partial charge in [0.1, 0.15) is 6.17 Å². The first-order chi connectivity index (χ1) is 15.0. The molecule has 0 amide bonds. The van der Waals surface area contributed by atoms with E-state index in [9.17, 15) is 0 Å². The van der Waals surface area contributed by atoms with Gasteiger partial charge in [-0.25, -0.2) is 0 Å². The van der Waals surface area contributed by atoms with Gasteiger partial charge in [-0.2, -0.15) is 10.1 Å². The van der Waals surface area contributed by atoms with Crippen LogP contribution in [0.4, 0.5) is 0 Å². The predicted octanol–water partition coefficient (Wildman–Crippen LogP) is 9.14. The second-order valence-electron chi connectivity index (χ2n) is 13.8. The van der Waals surface area contributed by atoms with Crippen molar-refractivity contribution in [2.24, 2.45) is 0 Å². The molecule has 1 aliphatic heterocycles. The fraction of sp³-hybridized carbons (Fsp3) is 0.704. The minimum absolute atomic E-state index is 0.0821. The lowest BCUT2D eigenvalue weighted by molar-refractivity contribution is -0.205. The van der Waals surface area contributed by atoms with Crippen LogP contribution in [0.2, 0.25) is 36.3 Å². The van der Waals surface area contributed by atoms with Gasteiger partial charge in [0.2, 0.25) is 16.6 Å². The van der Waals surface area contributed by atoms with E-state index < -0.39 is 16.6 Å². The smallest absolute Gasteiger partial charge is 0.220 e. The van der Waals surface area contributed by atoms with Crippen LogP contribution in [0, 0.1) is 0 Å². The summed E-state index contributed by atoms with van der Waals surface area (Å²) >= 11 is 3.77. The normalized spacial score (nSPS) is 20.7. The van der Waals surface area contributed by atoms with Crippen molar-refractivity contribution in [3.05, 3.63) is 40.4 Å². The standard InChI is InChI=1S/C27H49BrN2O2Si2/c1-16-20-17-18-21(19-22(20)28)23-29(31-33(12,13)24(2,3)4)26(8,9)27(10,11)30(23)32-34(14,15)25(5,6)7/h16-19,23H,1H2,2-15H3. The molecular weight excluding hydrogens is 520 g/mol. The van der Waals surface area contributed by atoms with Crippen LogP contribution in [0.25, 0.3) is 6.08 Å². The summed E-state index contributed by atoms with van der Waals surface area (Å²) in [7, 11) is -4.25. The summed E-state index contributed by atoms with van der Waals surface area (Å²) in [5, 5.41) is 4.68. The second-order valence-corrected chi connectivity index (χ2v) is 24.1. The quantitative estimate of drug-likeness (QED) is 0.319. The molecule has 0 atom stereocenters. The zero-order valence-corrected chi connectivity index (χ0v) is 27.8. The van der Waals surface area contributed by atoms with E-state index in [1.165, 1.54) is 0 Å². The number of hydroxylamine groups is 4. The molecular formula is C27H49BrN2O2Si2. The van der Waals surface area contributed by atoms with Crippen LogP contribution in [0.5, 0.6) is 0 Å². The van der Waals surface area contributed by atoms with E-state index in [-0.39, 0.29) is 27.3 Å². The van der Waals surface area contributed by atoms with E-state index in [0.29, 0.717) is 0 Å². The highest BCUT2D eigenvalue weighted by Crippen LogP contribution is 2.54. The van der Waals surface area contributed by atoms with Gasteiger partial charge in [-0.15, -0.1) is 0 Å². The molecule has 1 aromatic rings. The van der Waals surface area contributed by atoms with Crippen molar-refractivity contribution in [3.8, 4) is 0 Å². The Balaban J connectivity index is 2.76. The summed E-state index contributed by atoms with van der Waals surface area (Å²) in [5.74, 6) is 0. The SMILES string of the molecule is C=Cc1ccc(C2N(O[Si](C)(C)C(C)(C)C)C(C)(C)C(C)(C)N2O[Si](C)(C)C(C)(C)C)cc1Br. The Kier molecular flexibility index (Phi) is 8.13. The van der Waals surface area contributed by atoms with Gasteiger partial charge < -0.3 is 9.05 Å². The average molecular weight is 570 g/mol. The van der Waals surface area contributed by atoms with Crippen molar-refractivity contribution in [1.29, 1.82) is 0 Å². The number of halogens is 1. The summed E-state index contributed by atoms with van der Waals surface area (Å²) in [4.78, 5) is 0. The maximum atomic E-state index is 7.14. The van der Waals surface area contributed by atoms with Crippen LogP contribution in [0.3, 0.4) is 0 Å². The van der Waals surface area contributed by atoms with Gasteiger partial charge in [-0.3, -0.25) is 0 Å². The minimum Gasteiger partial charge on any atom is -0.340 e. The molecule has 7 heteroatoms. The van der Waals surface area contributed by atoms with E-state index in [1.807, 2.05) is 6.08 Å². The Morgan fingerprint density at radius 2 is 1.24 bits per heavy atom. The molecule has 0 N–H and O–H groups in total. The first-order valence-corrected chi connectivity index (χ1v) is 19.0. The van der Waals surface area contributed by atoms with E-state index in [4.69, 9.17) is 9.05 Å². The molecule has 0 unspecified atom stereocenters. The van der Waals surface area contributed by atoms with Crippen molar-refractivity contribution in [2.75, 3.05) is 0 Å². The Morgan fingerprint density at radius 1 is 0.853 bits per heavy atom. The van der Waals surface area contributed by atoms with E-state index in [0.717, 1.165) is 15.6 Å². The summed E-state index contributed by atoms with van der Waals surface area (Å²) < 4.78 is 15.3. The second kappa shape index (κ2) is 9.23. The fourth-order valence-electron chi connectivity index (χ4n) is 3.48. The lowest BCUT2D eigenvalue weighted by Gasteiger charge is -2.46. The molecule has 0 saturated carbocycles. The molecule has 2 rings (SSSR count). The van der Waals surface area contributed by atoms with Crippen molar-refractivity contribution in [3.63, 3.8) is 0 Å². The number of benzene rings is 1. The van der Waals surface area contributed by atoms with Crippen molar-refractivity contribution >= 4 is 38.6 Å². The fourth-order valence-corrected chi connectivity index (χ4v) is 6.23. The van der Waals surface area contributed by atoms with Crippen LogP contribution >= 0.6 is 15.9 Å². The summed E-state index contributed by atoms with van der Waals surface area (Å²) in [6.07, 6.45) is 1.70. The number of hydrogen-bond acceptors (Lipinski definition) is 4. The molecule has 1 saturated heterocycles. The third kappa shape index (κ3) is 5.22. The molecule has 1 fully saturated rings. The van der Waals surface area contributed by atoms with Gasteiger partial charge in [0, 0.05) is 4.47 Å². The molecule has 194 valence electrons. The molecule has 4 nitrogen and oxygen atoms in total. The van der Waals surface area contributed by atoms with Crippen LogP contribution in [-0.4, -0.2) is 37.8 Å². The molecule has 0 spiro atoms. The highest BCUT2D eigenvalue weighted by molar-refractivity contribution is 9.10. The van der Waals surface area contributed by atoms with Gasteiger partial charge in [-0.05, 0) is 81.2 Å². The van der Waals surface area contributed by atoms with Gasteiger partial charge >= 0.3 is 0 Å². The Morgan fingerprint density at radius 3 is 1.53 bits per heavy atom. The van der Waals surface area contributed by atoms with Crippen molar-refractivity contribution < 1.29 is 9.05 Å². The van der Waals surface area contributed by atoms with Crippen LogP contribution in [0.15, 0.2) is 29.3 Å². The van der Waals surface area contributed by atoms with E-state index in [2.05, 4.69) is 146 Å². The van der Waals surface area contributed by atoms with Crippen molar-refractivity contribution in [1.82, 2.24) is 10.1 Å². The number of hydrogen-bond donors (Lipinski definition) is 0. The van der Waals surface area contributed by atoms with Crippen LogP contribution in [-0.2, 0) is 9.05 Å². The zero-order chi connectivity index (χ0) is 26.7. The van der Waals surface area contributed by atoms with Crippen LogP contribution < -0.4 is 0 Å². The molecule has 0 radical (unpaired) electrons. The van der Waals surface area contributed by atoms with Crippen molar-refractivity contribution in [2.45, 2.75) is 123 Å². The van der Waals surface area contributed by atoms with E-state index >= 15 is 0 Å². The Hall–Kier alpha value is -0.286. The molecule has 0 aromatic heterocycles. The summed E-state index contributed by atoms with van der Waals surface area (Å²) in [6.45, 7) is 36.1. The molecule has 1 aromatic carbocycles. The predicted molar refractivity (Wildman–Crippen MR) is 155 cm³/mol. The molecule has 0 aliphatic carbocycles. The van der Waals surface area contributed by atoms with Gasteiger partial charge in [0.25, 0.3) is 0 Å². The monoisotopic (exact) mass is 568 g/mol. The number of rotatable bonds is 6. The van der Waals surface area contributed by atoms with Gasteiger partial charge in [0.15, 0.2) is 0 Å². The Labute approximate surface area is 220 Å². The highest BCUT2D eigenvalue weighted by atomic mass is 79.9. The third-order valence-electron chi connectivity index (χ3n) is 8.85. The Bertz CT molecular complexity index is 868. The minimum atomic E-state index is -2.13. The molecule has 34 heavy (non-hydrogen) atoms. The topological polar surface area (TPSA) is 24.9 Å². The first kappa shape index (κ1) is 29.9. The maximum absolute atomic E-state index is 7.14.